The van der Waals surface area contributed by atoms with Gasteiger partial charge in [0.1, 0.15) is 17.3 Å². The van der Waals surface area contributed by atoms with Gasteiger partial charge in [-0.1, -0.05) is 23.2 Å². The van der Waals surface area contributed by atoms with Crippen molar-refractivity contribution in [3.05, 3.63) is 56.9 Å². The van der Waals surface area contributed by atoms with Crippen molar-refractivity contribution in [2.75, 3.05) is 12.4 Å². The maximum Gasteiger partial charge on any atom is 0.269 e. The number of ether oxygens (including phenoxy) is 1. The largest absolute Gasteiger partial charge is 0.497 e. The standard InChI is InChI=1S/C14H12Cl2N2O3/c1-21-11-4-2-10(3-5-11)17-13(19)8-18-7-9(15)6-12(16)14(18)20/h2-7H,8H2,1H3,(H,17,19). The van der Waals surface area contributed by atoms with Gasteiger partial charge < -0.3 is 14.6 Å². The number of halogens is 2. The lowest BCUT2D eigenvalue weighted by Crippen LogP contribution is -2.27. The zero-order valence-electron chi connectivity index (χ0n) is 11.1. The van der Waals surface area contributed by atoms with Crippen LogP contribution in [0.2, 0.25) is 10.0 Å². The minimum Gasteiger partial charge on any atom is -0.497 e. The van der Waals surface area contributed by atoms with Crippen LogP contribution >= 0.6 is 23.2 Å². The number of carbonyl (C=O) groups is 1. The number of hydrogen-bond donors (Lipinski definition) is 1. The van der Waals surface area contributed by atoms with Crippen molar-refractivity contribution in [1.82, 2.24) is 4.57 Å². The summed E-state index contributed by atoms with van der Waals surface area (Å²) in [6.45, 7) is -0.175. The van der Waals surface area contributed by atoms with Crippen LogP contribution in [0.25, 0.3) is 0 Å². The molecule has 0 radical (unpaired) electrons. The van der Waals surface area contributed by atoms with Crippen LogP contribution in [0, 0.1) is 0 Å². The summed E-state index contributed by atoms with van der Waals surface area (Å²) >= 11 is 11.5. The molecule has 7 heteroatoms. The van der Waals surface area contributed by atoms with E-state index in [9.17, 15) is 9.59 Å². The van der Waals surface area contributed by atoms with Crippen molar-refractivity contribution in [2.24, 2.45) is 0 Å². The molecule has 1 aromatic carbocycles. The van der Waals surface area contributed by atoms with Gasteiger partial charge >= 0.3 is 0 Å². The Morgan fingerprint density at radius 2 is 1.95 bits per heavy atom. The van der Waals surface area contributed by atoms with E-state index in [1.807, 2.05) is 0 Å². The molecule has 0 atom stereocenters. The van der Waals surface area contributed by atoms with Crippen LogP contribution in [0.15, 0.2) is 41.3 Å². The summed E-state index contributed by atoms with van der Waals surface area (Å²) in [5, 5.41) is 2.93. The molecule has 0 fully saturated rings. The van der Waals surface area contributed by atoms with Gasteiger partial charge in [-0.25, -0.2) is 0 Å². The van der Waals surface area contributed by atoms with E-state index in [0.29, 0.717) is 11.4 Å². The number of benzene rings is 1. The number of aromatic nitrogens is 1. The third kappa shape index (κ3) is 4.00. The number of rotatable bonds is 4. The molecule has 0 aliphatic carbocycles. The minimum atomic E-state index is -0.467. The molecule has 2 rings (SSSR count). The summed E-state index contributed by atoms with van der Waals surface area (Å²) in [5.74, 6) is 0.325. The molecule has 0 spiro atoms. The van der Waals surface area contributed by atoms with Gasteiger partial charge in [0.15, 0.2) is 0 Å². The summed E-state index contributed by atoms with van der Waals surface area (Å²) in [7, 11) is 1.56. The lowest BCUT2D eigenvalue weighted by Gasteiger charge is -2.09. The lowest BCUT2D eigenvalue weighted by molar-refractivity contribution is -0.116. The monoisotopic (exact) mass is 326 g/mol. The predicted molar refractivity (Wildman–Crippen MR) is 82.3 cm³/mol. The second-order valence-corrected chi connectivity index (χ2v) is 5.06. The maximum atomic E-state index is 11.9. The van der Waals surface area contributed by atoms with Gasteiger partial charge in [-0.05, 0) is 30.3 Å². The predicted octanol–water partition coefficient (Wildman–Crippen LogP) is 2.80. The highest BCUT2D eigenvalue weighted by Crippen LogP contribution is 2.15. The van der Waals surface area contributed by atoms with E-state index < -0.39 is 5.56 Å². The first-order valence-electron chi connectivity index (χ1n) is 5.99. The Morgan fingerprint density at radius 3 is 2.57 bits per heavy atom. The summed E-state index contributed by atoms with van der Waals surface area (Å²) in [6.07, 6.45) is 1.36. The topological polar surface area (TPSA) is 60.3 Å². The van der Waals surface area contributed by atoms with Gasteiger partial charge in [0.2, 0.25) is 5.91 Å². The van der Waals surface area contributed by atoms with Gasteiger partial charge in [0.25, 0.3) is 5.56 Å². The molecular formula is C14H12Cl2N2O3. The maximum absolute atomic E-state index is 11.9. The molecule has 1 N–H and O–H groups in total. The molecular weight excluding hydrogens is 315 g/mol. The van der Waals surface area contributed by atoms with Crippen LogP contribution in [-0.2, 0) is 11.3 Å². The Bertz CT molecular complexity index is 711. The fourth-order valence-electron chi connectivity index (χ4n) is 1.71. The normalized spacial score (nSPS) is 10.2. The average Bonchev–Trinajstić information content (AvgIpc) is 2.45. The Morgan fingerprint density at radius 1 is 1.29 bits per heavy atom. The van der Waals surface area contributed by atoms with E-state index in [-0.39, 0.29) is 22.5 Å². The van der Waals surface area contributed by atoms with Crippen LogP contribution in [0.1, 0.15) is 0 Å². The molecule has 2 aromatic rings. The van der Waals surface area contributed by atoms with Crippen molar-refractivity contribution in [2.45, 2.75) is 6.54 Å². The third-order valence-electron chi connectivity index (χ3n) is 2.70. The van der Waals surface area contributed by atoms with Crippen molar-refractivity contribution in [3.63, 3.8) is 0 Å². The van der Waals surface area contributed by atoms with Gasteiger partial charge in [-0.15, -0.1) is 0 Å². The number of methoxy groups -OCH3 is 1. The zero-order chi connectivity index (χ0) is 15.4. The van der Waals surface area contributed by atoms with Crippen LogP contribution in [0.3, 0.4) is 0 Å². The van der Waals surface area contributed by atoms with E-state index in [1.54, 1.807) is 31.4 Å². The van der Waals surface area contributed by atoms with Crippen molar-refractivity contribution >= 4 is 34.8 Å². The zero-order valence-corrected chi connectivity index (χ0v) is 12.6. The fourth-order valence-corrected chi connectivity index (χ4v) is 2.22. The second-order valence-electron chi connectivity index (χ2n) is 4.22. The fraction of sp³-hybridized carbons (Fsp3) is 0.143. The quantitative estimate of drug-likeness (QED) is 0.939. The summed E-state index contributed by atoms with van der Waals surface area (Å²) in [4.78, 5) is 23.7. The Balaban J connectivity index is 2.09. The number of nitrogens with one attached hydrogen (secondary N) is 1. The molecule has 0 aliphatic heterocycles. The number of pyridine rings is 1. The Kier molecular flexibility index (Phi) is 4.88. The lowest BCUT2D eigenvalue weighted by atomic mass is 10.3. The van der Waals surface area contributed by atoms with E-state index in [1.165, 1.54) is 12.3 Å². The molecule has 0 aliphatic rings. The molecule has 1 heterocycles. The first-order chi connectivity index (χ1) is 9.99. The van der Waals surface area contributed by atoms with E-state index in [0.717, 1.165) is 4.57 Å². The number of hydrogen-bond acceptors (Lipinski definition) is 3. The van der Waals surface area contributed by atoms with E-state index in [2.05, 4.69) is 5.32 Å². The van der Waals surface area contributed by atoms with Gasteiger partial charge in [0, 0.05) is 11.9 Å². The van der Waals surface area contributed by atoms with E-state index in [4.69, 9.17) is 27.9 Å². The molecule has 0 saturated heterocycles. The first kappa shape index (κ1) is 15.4. The number of nitrogens with zero attached hydrogens (tertiary/aromatic N) is 1. The van der Waals surface area contributed by atoms with Crippen molar-refractivity contribution in [3.8, 4) is 5.75 Å². The Hall–Kier alpha value is -1.98. The van der Waals surface area contributed by atoms with E-state index >= 15 is 0 Å². The summed E-state index contributed by atoms with van der Waals surface area (Å²) in [5.41, 5.74) is 0.132. The molecule has 1 amide bonds. The molecule has 110 valence electrons. The highest BCUT2D eigenvalue weighted by molar-refractivity contribution is 6.34. The van der Waals surface area contributed by atoms with Crippen molar-refractivity contribution < 1.29 is 9.53 Å². The molecule has 0 bridgehead atoms. The first-order valence-corrected chi connectivity index (χ1v) is 6.74. The third-order valence-corrected chi connectivity index (χ3v) is 3.17. The second kappa shape index (κ2) is 6.65. The summed E-state index contributed by atoms with van der Waals surface area (Å²) in [6, 6.07) is 8.17. The Labute approximate surface area is 131 Å². The number of amides is 1. The van der Waals surface area contributed by atoms with Crippen molar-refractivity contribution in [1.29, 1.82) is 0 Å². The van der Waals surface area contributed by atoms with Gasteiger partial charge in [0.05, 0.1) is 12.1 Å². The smallest absolute Gasteiger partial charge is 0.269 e. The minimum absolute atomic E-state index is 0.0280. The van der Waals surface area contributed by atoms with Crippen LogP contribution in [-0.4, -0.2) is 17.6 Å². The van der Waals surface area contributed by atoms with Gasteiger partial charge in [-0.3, -0.25) is 9.59 Å². The molecule has 0 unspecified atom stereocenters. The van der Waals surface area contributed by atoms with Crippen LogP contribution in [0.4, 0.5) is 5.69 Å². The molecule has 5 nitrogen and oxygen atoms in total. The number of anilines is 1. The highest BCUT2D eigenvalue weighted by atomic mass is 35.5. The van der Waals surface area contributed by atoms with Gasteiger partial charge in [-0.2, -0.15) is 0 Å². The SMILES string of the molecule is COc1ccc(NC(=O)Cn2cc(Cl)cc(Cl)c2=O)cc1. The highest BCUT2D eigenvalue weighted by Gasteiger charge is 2.08. The average molecular weight is 327 g/mol. The molecule has 21 heavy (non-hydrogen) atoms. The number of carbonyl (C=O) groups excluding carboxylic acids is 1. The van der Waals surface area contributed by atoms with Crippen LogP contribution in [0.5, 0.6) is 5.75 Å². The molecule has 0 saturated carbocycles. The summed E-state index contributed by atoms with van der Waals surface area (Å²) < 4.78 is 6.18. The molecule has 1 aromatic heterocycles. The van der Waals surface area contributed by atoms with Crippen LogP contribution < -0.4 is 15.6 Å².